The van der Waals surface area contributed by atoms with Gasteiger partial charge in [-0.05, 0) is 12.1 Å². The van der Waals surface area contributed by atoms with Crippen LogP contribution in [0.4, 0.5) is 5.69 Å². The van der Waals surface area contributed by atoms with E-state index < -0.39 is 0 Å². The van der Waals surface area contributed by atoms with Gasteiger partial charge in [0.15, 0.2) is 0 Å². The minimum atomic E-state index is 0.335. The molecule has 0 amide bonds. The molecule has 0 aliphatic rings. The highest BCUT2D eigenvalue weighted by Crippen LogP contribution is 2.26. The molecule has 0 spiro atoms. The molecule has 0 saturated carbocycles. The van der Waals surface area contributed by atoms with E-state index in [2.05, 4.69) is 0 Å². The lowest BCUT2D eigenvalue weighted by Gasteiger charge is -2.05. The molecular formula is C7H8Cl2N2. The predicted octanol–water partition coefficient (Wildman–Crippen LogP) is 2.03. The van der Waals surface area contributed by atoms with Crippen LogP contribution in [0.2, 0.25) is 10.0 Å². The number of hydrogen-bond donors (Lipinski definition) is 2. The Balaban J connectivity index is 3.25. The van der Waals surface area contributed by atoms with E-state index in [1.165, 1.54) is 0 Å². The third kappa shape index (κ3) is 1.77. The van der Waals surface area contributed by atoms with Gasteiger partial charge in [-0.2, -0.15) is 0 Å². The molecule has 4 heteroatoms. The van der Waals surface area contributed by atoms with Crippen molar-refractivity contribution in [2.45, 2.75) is 6.54 Å². The van der Waals surface area contributed by atoms with E-state index in [9.17, 15) is 0 Å². The Labute approximate surface area is 75.1 Å². The molecule has 0 radical (unpaired) electrons. The lowest BCUT2D eigenvalue weighted by Crippen LogP contribution is -2.02. The second-order valence-corrected chi connectivity index (χ2v) is 3.00. The number of anilines is 1. The molecule has 0 aliphatic carbocycles. The van der Waals surface area contributed by atoms with Crippen molar-refractivity contribution in [1.82, 2.24) is 0 Å². The SMILES string of the molecule is NCc1c(N)cc(Cl)cc1Cl. The molecule has 0 saturated heterocycles. The average Bonchev–Trinajstić information content (AvgIpc) is 1.85. The van der Waals surface area contributed by atoms with Crippen molar-refractivity contribution in [1.29, 1.82) is 0 Å². The van der Waals surface area contributed by atoms with Crippen LogP contribution in [0.3, 0.4) is 0 Å². The first-order chi connectivity index (χ1) is 5.15. The zero-order valence-electron chi connectivity index (χ0n) is 5.77. The summed E-state index contributed by atoms with van der Waals surface area (Å²) in [5.41, 5.74) is 12.3. The quantitative estimate of drug-likeness (QED) is 0.667. The summed E-state index contributed by atoms with van der Waals surface area (Å²) in [5, 5.41) is 1.06. The number of benzene rings is 1. The summed E-state index contributed by atoms with van der Waals surface area (Å²) in [6, 6.07) is 3.26. The number of nitrogens with two attached hydrogens (primary N) is 2. The van der Waals surface area contributed by atoms with Gasteiger partial charge in [-0.1, -0.05) is 23.2 Å². The van der Waals surface area contributed by atoms with E-state index in [0.29, 0.717) is 22.3 Å². The molecule has 0 heterocycles. The van der Waals surface area contributed by atoms with Crippen molar-refractivity contribution in [3.8, 4) is 0 Å². The Morgan fingerprint density at radius 2 is 1.91 bits per heavy atom. The van der Waals surface area contributed by atoms with Gasteiger partial charge in [-0.3, -0.25) is 0 Å². The maximum Gasteiger partial charge on any atom is 0.0486 e. The van der Waals surface area contributed by atoms with E-state index >= 15 is 0 Å². The maximum absolute atomic E-state index is 5.79. The normalized spacial score (nSPS) is 10.1. The minimum Gasteiger partial charge on any atom is -0.398 e. The number of hydrogen-bond acceptors (Lipinski definition) is 2. The van der Waals surface area contributed by atoms with Crippen LogP contribution in [0.15, 0.2) is 12.1 Å². The van der Waals surface area contributed by atoms with E-state index in [0.717, 1.165) is 5.56 Å². The molecule has 1 rings (SSSR count). The molecule has 4 N–H and O–H groups in total. The highest BCUT2D eigenvalue weighted by molar-refractivity contribution is 6.35. The van der Waals surface area contributed by atoms with Crippen LogP contribution in [0.5, 0.6) is 0 Å². The predicted molar refractivity (Wildman–Crippen MR) is 48.8 cm³/mol. The third-order valence-electron chi connectivity index (χ3n) is 1.40. The largest absolute Gasteiger partial charge is 0.398 e. The van der Waals surface area contributed by atoms with Crippen LogP contribution >= 0.6 is 23.2 Å². The maximum atomic E-state index is 5.79. The zero-order valence-corrected chi connectivity index (χ0v) is 7.28. The van der Waals surface area contributed by atoms with E-state index in [1.807, 2.05) is 0 Å². The number of nitrogen functional groups attached to an aromatic ring is 1. The van der Waals surface area contributed by atoms with E-state index in [4.69, 9.17) is 34.7 Å². The Kier molecular flexibility index (Phi) is 2.60. The molecule has 11 heavy (non-hydrogen) atoms. The van der Waals surface area contributed by atoms with Gasteiger partial charge >= 0.3 is 0 Å². The van der Waals surface area contributed by atoms with Crippen molar-refractivity contribution in [3.05, 3.63) is 27.7 Å². The fraction of sp³-hybridized carbons (Fsp3) is 0.143. The van der Waals surface area contributed by atoms with Gasteiger partial charge in [0.1, 0.15) is 0 Å². The summed E-state index contributed by atoms with van der Waals surface area (Å²) in [5.74, 6) is 0. The standard InChI is InChI=1S/C7H8Cl2N2/c8-4-1-6(9)5(3-10)7(11)2-4/h1-2H,3,10-11H2. The topological polar surface area (TPSA) is 52.0 Å². The van der Waals surface area contributed by atoms with Gasteiger partial charge in [-0.25, -0.2) is 0 Å². The molecule has 2 nitrogen and oxygen atoms in total. The fourth-order valence-electron chi connectivity index (χ4n) is 0.839. The van der Waals surface area contributed by atoms with E-state index in [-0.39, 0.29) is 0 Å². The summed E-state index contributed by atoms with van der Waals surface area (Å²) in [6.07, 6.45) is 0. The van der Waals surface area contributed by atoms with Crippen molar-refractivity contribution >= 4 is 28.9 Å². The number of halogens is 2. The van der Waals surface area contributed by atoms with Gasteiger partial charge in [0, 0.05) is 27.8 Å². The molecule has 0 aromatic heterocycles. The van der Waals surface area contributed by atoms with Crippen LogP contribution in [0, 0.1) is 0 Å². The molecule has 0 unspecified atom stereocenters. The van der Waals surface area contributed by atoms with Crippen LogP contribution in [-0.2, 0) is 6.54 Å². The lowest BCUT2D eigenvalue weighted by atomic mass is 10.2. The van der Waals surface area contributed by atoms with Crippen LogP contribution in [-0.4, -0.2) is 0 Å². The van der Waals surface area contributed by atoms with Crippen LogP contribution < -0.4 is 11.5 Å². The molecule has 0 fully saturated rings. The van der Waals surface area contributed by atoms with Gasteiger partial charge in [0.25, 0.3) is 0 Å². The Morgan fingerprint density at radius 3 is 2.36 bits per heavy atom. The Morgan fingerprint density at radius 1 is 1.27 bits per heavy atom. The molecular weight excluding hydrogens is 183 g/mol. The summed E-state index contributed by atoms with van der Waals surface area (Å²) in [7, 11) is 0. The zero-order chi connectivity index (χ0) is 8.43. The summed E-state index contributed by atoms with van der Waals surface area (Å²) < 4.78 is 0. The smallest absolute Gasteiger partial charge is 0.0486 e. The molecule has 0 aliphatic heterocycles. The monoisotopic (exact) mass is 190 g/mol. The molecule has 1 aromatic carbocycles. The van der Waals surface area contributed by atoms with Crippen molar-refractivity contribution in [3.63, 3.8) is 0 Å². The summed E-state index contributed by atoms with van der Waals surface area (Å²) in [4.78, 5) is 0. The minimum absolute atomic E-state index is 0.335. The second-order valence-electron chi connectivity index (χ2n) is 2.16. The van der Waals surface area contributed by atoms with Crippen molar-refractivity contribution < 1.29 is 0 Å². The molecule has 60 valence electrons. The first-order valence-electron chi connectivity index (χ1n) is 3.08. The van der Waals surface area contributed by atoms with Crippen molar-refractivity contribution in [2.75, 3.05) is 5.73 Å². The Hall–Kier alpha value is -0.440. The average molecular weight is 191 g/mol. The van der Waals surface area contributed by atoms with Crippen molar-refractivity contribution in [2.24, 2.45) is 5.73 Å². The third-order valence-corrected chi connectivity index (χ3v) is 1.95. The molecule has 1 aromatic rings. The summed E-state index contributed by atoms with van der Waals surface area (Å²) in [6.45, 7) is 0.335. The first kappa shape index (κ1) is 8.65. The fourth-order valence-corrected chi connectivity index (χ4v) is 1.43. The highest BCUT2D eigenvalue weighted by atomic mass is 35.5. The molecule has 0 bridgehead atoms. The lowest BCUT2D eigenvalue weighted by molar-refractivity contribution is 1.08. The van der Waals surface area contributed by atoms with Gasteiger partial charge < -0.3 is 11.5 Å². The Bertz CT molecular complexity index is 250. The molecule has 0 atom stereocenters. The first-order valence-corrected chi connectivity index (χ1v) is 3.84. The number of rotatable bonds is 1. The van der Waals surface area contributed by atoms with Gasteiger partial charge in [0.05, 0.1) is 0 Å². The summed E-state index contributed by atoms with van der Waals surface area (Å²) >= 11 is 11.5. The van der Waals surface area contributed by atoms with E-state index in [1.54, 1.807) is 12.1 Å². The van der Waals surface area contributed by atoms with Gasteiger partial charge in [0.2, 0.25) is 0 Å². The van der Waals surface area contributed by atoms with Crippen LogP contribution in [0.25, 0.3) is 0 Å². The van der Waals surface area contributed by atoms with Gasteiger partial charge in [-0.15, -0.1) is 0 Å². The second kappa shape index (κ2) is 3.30. The van der Waals surface area contributed by atoms with Crippen LogP contribution in [0.1, 0.15) is 5.56 Å². The highest BCUT2D eigenvalue weighted by Gasteiger charge is 2.03.